The van der Waals surface area contributed by atoms with Gasteiger partial charge in [0.15, 0.2) is 5.65 Å². The van der Waals surface area contributed by atoms with Crippen molar-refractivity contribution in [1.29, 1.82) is 0 Å². The number of carbonyl (C=O) groups is 1. The Morgan fingerprint density at radius 2 is 2.00 bits per heavy atom. The first kappa shape index (κ1) is 14.1. The quantitative estimate of drug-likeness (QED) is 0.534. The lowest BCUT2D eigenvalue weighted by Crippen LogP contribution is -2.13. The molecule has 6 nitrogen and oxygen atoms in total. The predicted octanol–water partition coefficient (Wildman–Crippen LogP) is 2.27. The number of aryl methyl sites for hydroxylation is 1. The molecule has 3 aromatic rings. The van der Waals surface area contributed by atoms with Crippen LogP contribution in [0.4, 0.5) is 0 Å². The third kappa shape index (κ3) is 2.90. The average Bonchev–Trinajstić information content (AvgIpc) is 2.88. The average molecular weight is 297 g/mol. The van der Waals surface area contributed by atoms with Gasteiger partial charge in [0.25, 0.3) is 0 Å². The Morgan fingerprint density at radius 3 is 2.82 bits per heavy atom. The number of rotatable bonds is 5. The molecule has 112 valence electrons. The van der Waals surface area contributed by atoms with Gasteiger partial charge in [-0.15, -0.1) is 0 Å². The molecule has 0 bridgehead atoms. The first-order valence-corrected chi connectivity index (χ1v) is 6.90. The maximum absolute atomic E-state index is 12.2. The van der Waals surface area contributed by atoms with E-state index in [0.717, 1.165) is 5.75 Å². The Balaban J connectivity index is 1.61. The van der Waals surface area contributed by atoms with Crippen molar-refractivity contribution in [3.05, 3.63) is 60.0 Å². The highest BCUT2D eigenvalue weighted by Crippen LogP contribution is 2.14. The molecule has 0 N–H and O–H groups in total. The molecule has 0 atom stereocenters. The summed E-state index contributed by atoms with van der Waals surface area (Å²) < 4.78 is 12.3. The zero-order valence-electron chi connectivity index (χ0n) is 12.1. The largest absolute Gasteiger partial charge is 0.490 e. The van der Waals surface area contributed by atoms with E-state index in [4.69, 9.17) is 9.47 Å². The molecule has 0 saturated carbocycles. The fourth-order valence-corrected chi connectivity index (χ4v) is 2.12. The molecular formula is C16H15N3O3. The minimum absolute atomic E-state index is 0.164. The molecule has 3 rings (SSSR count). The van der Waals surface area contributed by atoms with Gasteiger partial charge in [0.2, 0.25) is 0 Å². The number of ether oxygens (including phenoxy) is 2. The van der Waals surface area contributed by atoms with E-state index in [9.17, 15) is 4.79 Å². The van der Waals surface area contributed by atoms with Gasteiger partial charge in [-0.25, -0.2) is 14.3 Å². The maximum Gasteiger partial charge on any atom is 0.344 e. The zero-order chi connectivity index (χ0) is 15.4. The molecule has 6 heteroatoms. The van der Waals surface area contributed by atoms with E-state index in [-0.39, 0.29) is 6.61 Å². The minimum Gasteiger partial charge on any atom is -0.490 e. The number of para-hydroxylation sites is 1. The summed E-state index contributed by atoms with van der Waals surface area (Å²) in [4.78, 5) is 16.3. The first-order valence-electron chi connectivity index (χ1n) is 6.90. The van der Waals surface area contributed by atoms with Gasteiger partial charge in [-0.2, -0.15) is 5.10 Å². The van der Waals surface area contributed by atoms with Crippen LogP contribution in [0.3, 0.4) is 0 Å². The van der Waals surface area contributed by atoms with E-state index in [2.05, 4.69) is 10.1 Å². The molecule has 0 amide bonds. The van der Waals surface area contributed by atoms with Crippen molar-refractivity contribution in [2.75, 3.05) is 13.2 Å². The van der Waals surface area contributed by atoms with Gasteiger partial charge in [-0.3, -0.25) is 0 Å². The lowest BCUT2D eigenvalue weighted by Gasteiger charge is -2.07. The van der Waals surface area contributed by atoms with Gasteiger partial charge >= 0.3 is 5.97 Å². The maximum atomic E-state index is 12.2. The standard InChI is InChI=1S/C16H15N3O3/c1-12-14(15-17-8-5-9-19(15)18-12)16(20)22-11-10-21-13-6-3-2-4-7-13/h2-9H,10-11H2,1H3. The number of carbonyl (C=O) groups excluding carboxylic acids is 1. The third-order valence-electron chi connectivity index (χ3n) is 3.10. The second-order valence-corrected chi connectivity index (χ2v) is 4.65. The predicted molar refractivity (Wildman–Crippen MR) is 79.9 cm³/mol. The van der Waals surface area contributed by atoms with Crippen LogP contribution in [0.15, 0.2) is 48.8 Å². The number of hydrogen-bond acceptors (Lipinski definition) is 5. The summed E-state index contributed by atoms with van der Waals surface area (Å²) in [5.74, 6) is 0.301. The molecule has 0 spiro atoms. The topological polar surface area (TPSA) is 65.7 Å². The molecule has 0 fully saturated rings. The Morgan fingerprint density at radius 1 is 1.18 bits per heavy atom. The van der Waals surface area contributed by atoms with Crippen LogP contribution in [-0.2, 0) is 4.74 Å². The Labute approximate surface area is 127 Å². The number of nitrogens with zero attached hydrogens (tertiary/aromatic N) is 3. The smallest absolute Gasteiger partial charge is 0.344 e. The molecule has 22 heavy (non-hydrogen) atoms. The van der Waals surface area contributed by atoms with Crippen LogP contribution in [-0.4, -0.2) is 33.8 Å². The van der Waals surface area contributed by atoms with Crippen LogP contribution in [0.2, 0.25) is 0 Å². The summed E-state index contributed by atoms with van der Waals surface area (Å²) in [5.41, 5.74) is 1.47. The lowest BCUT2D eigenvalue weighted by atomic mass is 10.2. The van der Waals surface area contributed by atoms with E-state index in [0.29, 0.717) is 23.5 Å². The molecule has 0 saturated heterocycles. The SMILES string of the molecule is Cc1nn2cccnc2c1C(=O)OCCOc1ccccc1. The van der Waals surface area contributed by atoms with E-state index < -0.39 is 5.97 Å². The number of esters is 1. The lowest BCUT2D eigenvalue weighted by molar-refractivity contribution is 0.0451. The number of fused-ring (bicyclic) bond motifs is 1. The van der Waals surface area contributed by atoms with Gasteiger partial charge in [0.1, 0.15) is 24.5 Å². The second-order valence-electron chi connectivity index (χ2n) is 4.65. The van der Waals surface area contributed by atoms with E-state index >= 15 is 0 Å². The van der Waals surface area contributed by atoms with Crippen LogP contribution >= 0.6 is 0 Å². The van der Waals surface area contributed by atoms with Crippen LogP contribution in [0.5, 0.6) is 5.75 Å². The molecule has 2 aromatic heterocycles. The normalized spacial score (nSPS) is 10.6. The van der Waals surface area contributed by atoms with Gasteiger partial charge in [0.05, 0.1) is 5.69 Å². The van der Waals surface area contributed by atoms with Crippen molar-refractivity contribution in [3.8, 4) is 5.75 Å². The molecule has 0 aliphatic carbocycles. The fourth-order valence-electron chi connectivity index (χ4n) is 2.12. The van der Waals surface area contributed by atoms with Crippen molar-refractivity contribution in [3.63, 3.8) is 0 Å². The summed E-state index contributed by atoms with van der Waals surface area (Å²) in [6.45, 7) is 2.21. The highest BCUT2D eigenvalue weighted by atomic mass is 16.6. The molecule has 0 unspecified atom stereocenters. The van der Waals surface area contributed by atoms with Crippen molar-refractivity contribution < 1.29 is 14.3 Å². The monoisotopic (exact) mass is 297 g/mol. The van der Waals surface area contributed by atoms with Crippen molar-refractivity contribution in [2.24, 2.45) is 0 Å². The summed E-state index contributed by atoms with van der Waals surface area (Å²) in [7, 11) is 0. The minimum atomic E-state index is -0.442. The number of aromatic nitrogens is 3. The van der Waals surface area contributed by atoms with Crippen molar-refractivity contribution in [1.82, 2.24) is 14.6 Å². The summed E-state index contributed by atoms with van der Waals surface area (Å²) >= 11 is 0. The highest BCUT2D eigenvalue weighted by molar-refractivity contribution is 5.97. The van der Waals surface area contributed by atoms with Gasteiger partial charge < -0.3 is 9.47 Å². The van der Waals surface area contributed by atoms with E-state index in [1.807, 2.05) is 30.3 Å². The van der Waals surface area contributed by atoms with Gasteiger partial charge in [-0.1, -0.05) is 18.2 Å². The molecular weight excluding hydrogens is 282 g/mol. The van der Waals surface area contributed by atoms with Gasteiger partial charge in [-0.05, 0) is 25.1 Å². The Hall–Kier alpha value is -2.89. The molecule has 0 aliphatic heterocycles. The molecule has 2 heterocycles. The van der Waals surface area contributed by atoms with Crippen LogP contribution < -0.4 is 4.74 Å². The second kappa shape index (κ2) is 6.26. The van der Waals surface area contributed by atoms with E-state index in [1.165, 1.54) is 0 Å². The third-order valence-corrected chi connectivity index (χ3v) is 3.10. The number of benzene rings is 1. The summed E-state index contributed by atoms with van der Waals surface area (Å²) in [5, 5.41) is 4.23. The van der Waals surface area contributed by atoms with Crippen molar-refractivity contribution in [2.45, 2.75) is 6.92 Å². The van der Waals surface area contributed by atoms with E-state index in [1.54, 1.807) is 29.9 Å². The Bertz CT molecular complexity index is 784. The molecule has 1 aromatic carbocycles. The highest BCUT2D eigenvalue weighted by Gasteiger charge is 2.19. The van der Waals surface area contributed by atoms with Crippen LogP contribution in [0, 0.1) is 6.92 Å². The van der Waals surface area contributed by atoms with Crippen LogP contribution in [0.25, 0.3) is 5.65 Å². The summed E-state index contributed by atoms with van der Waals surface area (Å²) in [6, 6.07) is 11.1. The molecule has 0 radical (unpaired) electrons. The van der Waals surface area contributed by atoms with Gasteiger partial charge in [0, 0.05) is 12.4 Å². The Kier molecular flexibility index (Phi) is 4.00. The van der Waals surface area contributed by atoms with Crippen LogP contribution in [0.1, 0.15) is 16.1 Å². The number of hydrogen-bond donors (Lipinski definition) is 0. The van der Waals surface area contributed by atoms with Crippen molar-refractivity contribution >= 4 is 11.6 Å². The first-order chi connectivity index (χ1) is 10.8. The fraction of sp³-hybridized carbons (Fsp3) is 0.188. The zero-order valence-corrected chi connectivity index (χ0v) is 12.1. The molecule has 0 aliphatic rings. The summed E-state index contributed by atoms with van der Waals surface area (Å²) in [6.07, 6.45) is 3.36.